The Morgan fingerprint density at radius 1 is 1.44 bits per heavy atom. The number of nitrogens with zero attached hydrogens (tertiary/aromatic N) is 1. The van der Waals surface area contributed by atoms with E-state index in [1.54, 1.807) is 16.8 Å². The summed E-state index contributed by atoms with van der Waals surface area (Å²) in [5.74, 6) is 0. The van der Waals surface area contributed by atoms with Gasteiger partial charge in [-0.05, 0) is 12.1 Å². The molecule has 5 heteroatoms. The highest BCUT2D eigenvalue weighted by Crippen LogP contribution is 2.07. The van der Waals surface area contributed by atoms with Crippen LogP contribution in [-0.2, 0) is 11.5 Å². The first kappa shape index (κ1) is 13.5. The zero-order chi connectivity index (χ0) is 12.2. The summed E-state index contributed by atoms with van der Waals surface area (Å²) in [6, 6.07) is 4.39. The Balaban J connectivity index is 2.41. The molecule has 0 aliphatic rings. The van der Waals surface area contributed by atoms with Crippen LogP contribution >= 0.6 is 12.6 Å². The fraction of sp³-hybridized carbons (Fsp3) is 0.545. The molecule has 0 aromatic carbocycles. The van der Waals surface area contributed by atoms with Crippen LogP contribution in [0.2, 0.25) is 25.7 Å². The van der Waals surface area contributed by atoms with Crippen molar-refractivity contribution in [1.29, 1.82) is 0 Å². The summed E-state index contributed by atoms with van der Waals surface area (Å²) in [6.45, 7) is 7.97. The van der Waals surface area contributed by atoms with Gasteiger partial charge >= 0.3 is 0 Å². The van der Waals surface area contributed by atoms with Gasteiger partial charge in [0.1, 0.15) is 6.73 Å². The fourth-order valence-electron chi connectivity index (χ4n) is 1.15. The highest BCUT2D eigenvalue weighted by Gasteiger charge is 2.11. The van der Waals surface area contributed by atoms with Crippen LogP contribution in [0.1, 0.15) is 0 Å². The normalized spacial score (nSPS) is 11.8. The number of hydrogen-bond acceptors (Lipinski definition) is 3. The van der Waals surface area contributed by atoms with Gasteiger partial charge in [-0.25, -0.2) is 0 Å². The first-order valence-electron chi connectivity index (χ1n) is 5.36. The van der Waals surface area contributed by atoms with E-state index in [4.69, 9.17) is 4.74 Å². The van der Waals surface area contributed by atoms with Crippen molar-refractivity contribution in [1.82, 2.24) is 4.57 Å². The highest BCUT2D eigenvalue weighted by molar-refractivity contribution is 7.80. The average Bonchev–Trinajstić information content (AvgIpc) is 2.13. The zero-order valence-corrected chi connectivity index (χ0v) is 12.0. The van der Waals surface area contributed by atoms with Crippen molar-refractivity contribution >= 4 is 20.7 Å². The molecule has 0 radical (unpaired) electrons. The number of ether oxygens (including phenoxy) is 1. The third kappa shape index (κ3) is 5.00. The molecule has 0 amide bonds. The summed E-state index contributed by atoms with van der Waals surface area (Å²) in [4.78, 5) is 12.2. The second kappa shape index (κ2) is 5.70. The molecule has 0 aliphatic carbocycles. The highest BCUT2D eigenvalue weighted by atomic mass is 32.1. The van der Waals surface area contributed by atoms with E-state index in [1.807, 2.05) is 0 Å². The summed E-state index contributed by atoms with van der Waals surface area (Å²) in [7, 11) is -1.04. The molecule has 0 N–H and O–H groups in total. The van der Waals surface area contributed by atoms with Gasteiger partial charge < -0.3 is 4.74 Å². The van der Waals surface area contributed by atoms with Crippen LogP contribution in [0.25, 0.3) is 0 Å². The maximum atomic E-state index is 11.5. The molecule has 1 rings (SSSR count). The van der Waals surface area contributed by atoms with E-state index < -0.39 is 8.07 Å². The molecule has 0 fully saturated rings. The predicted octanol–water partition coefficient (Wildman–Crippen LogP) is 2.45. The quantitative estimate of drug-likeness (QED) is 0.499. The van der Waals surface area contributed by atoms with Crippen molar-refractivity contribution < 1.29 is 4.74 Å². The number of aromatic nitrogens is 1. The monoisotopic (exact) mass is 257 g/mol. The molecule has 0 bridgehead atoms. The first-order chi connectivity index (χ1) is 7.38. The van der Waals surface area contributed by atoms with Gasteiger partial charge in [-0.15, -0.1) is 12.6 Å². The Hall–Kier alpha value is -0.523. The number of thiol groups is 1. The number of hydrogen-bond donors (Lipinski definition) is 1. The van der Waals surface area contributed by atoms with E-state index in [0.717, 1.165) is 12.7 Å². The van der Waals surface area contributed by atoms with Crippen molar-refractivity contribution in [2.45, 2.75) is 37.3 Å². The lowest BCUT2D eigenvalue weighted by atomic mass is 10.5. The van der Waals surface area contributed by atoms with Gasteiger partial charge in [0, 0.05) is 31.8 Å². The molecule has 1 aromatic heterocycles. The van der Waals surface area contributed by atoms with E-state index in [2.05, 4.69) is 32.3 Å². The summed E-state index contributed by atoms with van der Waals surface area (Å²) >= 11 is 4.10. The molecule has 3 nitrogen and oxygen atoms in total. The maximum absolute atomic E-state index is 11.5. The Morgan fingerprint density at radius 3 is 2.69 bits per heavy atom. The summed E-state index contributed by atoms with van der Waals surface area (Å²) in [5, 5.41) is 0. The summed E-state index contributed by atoms with van der Waals surface area (Å²) in [6.07, 6.45) is 1.71. The number of rotatable bonds is 5. The fourth-order valence-corrected chi connectivity index (χ4v) is 2.08. The Morgan fingerprint density at radius 2 is 2.12 bits per heavy atom. The van der Waals surface area contributed by atoms with Crippen LogP contribution < -0.4 is 5.56 Å². The Labute approximate surface area is 103 Å². The third-order valence-corrected chi connectivity index (χ3v) is 4.19. The van der Waals surface area contributed by atoms with E-state index >= 15 is 0 Å². The van der Waals surface area contributed by atoms with E-state index in [0.29, 0.717) is 11.6 Å². The van der Waals surface area contributed by atoms with Crippen molar-refractivity contribution in [2.24, 2.45) is 0 Å². The molecule has 0 saturated heterocycles. The lowest BCUT2D eigenvalue weighted by Crippen LogP contribution is -2.24. The van der Waals surface area contributed by atoms with Crippen LogP contribution in [-0.4, -0.2) is 19.2 Å². The molecule has 1 aromatic rings. The summed E-state index contributed by atoms with van der Waals surface area (Å²) < 4.78 is 7.03. The largest absolute Gasteiger partial charge is 0.361 e. The Bertz CT molecular complexity index is 398. The molecular weight excluding hydrogens is 238 g/mol. The Kier molecular flexibility index (Phi) is 4.82. The molecule has 0 unspecified atom stereocenters. The molecule has 0 atom stereocenters. The minimum absolute atomic E-state index is 0.0690. The topological polar surface area (TPSA) is 31.2 Å². The van der Waals surface area contributed by atoms with Crippen LogP contribution in [0.15, 0.2) is 28.0 Å². The zero-order valence-electron chi connectivity index (χ0n) is 10.1. The molecule has 0 saturated carbocycles. The molecule has 90 valence electrons. The number of pyridine rings is 1. The van der Waals surface area contributed by atoms with Crippen molar-refractivity contribution in [3.8, 4) is 0 Å². The average molecular weight is 257 g/mol. The van der Waals surface area contributed by atoms with Crippen LogP contribution in [0.4, 0.5) is 0 Å². The van der Waals surface area contributed by atoms with Crippen molar-refractivity contribution in [3.63, 3.8) is 0 Å². The SMILES string of the molecule is C[Si](C)(C)CCOCn1ccc(S)cc1=O. The minimum atomic E-state index is -1.04. The van der Waals surface area contributed by atoms with Crippen molar-refractivity contribution in [3.05, 3.63) is 28.7 Å². The first-order valence-corrected chi connectivity index (χ1v) is 9.51. The van der Waals surface area contributed by atoms with Crippen LogP contribution in [0.3, 0.4) is 0 Å². The van der Waals surface area contributed by atoms with Gasteiger partial charge in [0.05, 0.1) is 0 Å². The van der Waals surface area contributed by atoms with Gasteiger partial charge in [-0.3, -0.25) is 9.36 Å². The van der Waals surface area contributed by atoms with Gasteiger partial charge in [-0.1, -0.05) is 19.6 Å². The predicted molar refractivity (Wildman–Crippen MR) is 72.1 cm³/mol. The molecule has 16 heavy (non-hydrogen) atoms. The molecule has 0 aliphatic heterocycles. The maximum Gasteiger partial charge on any atom is 0.253 e. The van der Waals surface area contributed by atoms with Gasteiger partial charge in [0.25, 0.3) is 5.56 Å². The molecule has 1 heterocycles. The van der Waals surface area contributed by atoms with E-state index in [-0.39, 0.29) is 5.56 Å². The van der Waals surface area contributed by atoms with Gasteiger partial charge in [0.2, 0.25) is 0 Å². The lowest BCUT2D eigenvalue weighted by molar-refractivity contribution is 0.0846. The van der Waals surface area contributed by atoms with Gasteiger partial charge in [-0.2, -0.15) is 0 Å². The van der Waals surface area contributed by atoms with Crippen LogP contribution in [0, 0.1) is 0 Å². The molecule has 0 spiro atoms. The minimum Gasteiger partial charge on any atom is -0.361 e. The standard InChI is InChI=1S/C11H19NO2SSi/c1-16(2,3)7-6-14-9-12-5-4-10(15)8-11(12)13/h4-5,8,15H,6-7,9H2,1-3H3. The molecular formula is C11H19NO2SSi. The third-order valence-electron chi connectivity index (χ3n) is 2.21. The van der Waals surface area contributed by atoms with Gasteiger partial charge in [0.15, 0.2) is 0 Å². The summed E-state index contributed by atoms with van der Waals surface area (Å²) in [5.41, 5.74) is -0.0690. The van der Waals surface area contributed by atoms with E-state index in [9.17, 15) is 4.79 Å². The van der Waals surface area contributed by atoms with E-state index in [1.165, 1.54) is 6.07 Å². The second-order valence-electron chi connectivity index (χ2n) is 5.04. The smallest absolute Gasteiger partial charge is 0.253 e. The lowest BCUT2D eigenvalue weighted by Gasteiger charge is -2.15. The van der Waals surface area contributed by atoms with Crippen LogP contribution in [0.5, 0.6) is 0 Å². The van der Waals surface area contributed by atoms with Crippen molar-refractivity contribution in [2.75, 3.05) is 6.61 Å². The second-order valence-corrected chi connectivity index (χ2v) is 11.2.